The van der Waals surface area contributed by atoms with Gasteiger partial charge >= 0.3 is 29.6 Å². The largest absolute Gasteiger partial charge is 0.505 e. The highest BCUT2D eigenvalue weighted by molar-refractivity contribution is 14.1. The van der Waals surface area contributed by atoms with E-state index in [1.807, 2.05) is 95.7 Å². The lowest BCUT2D eigenvalue weighted by molar-refractivity contribution is -0.385. The molecule has 122 heavy (non-hydrogen) atoms. The Hall–Kier alpha value is -10.3. The van der Waals surface area contributed by atoms with E-state index in [1.165, 1.54) is 123 Å². The third-order valence-electron chi connectivity index (χ3n) is 17.1. The van der Waals surface area contributed by atoms with Crippen molar-refractivity contribution >= 4 is 210 Å². The van der Waals surface area contributed by atoms with Gasteiger partial charge in [-0.25, -0.2) is 48.6 Å². The van der Waals surface area contributed by atoms with Crippen LogP contribution in [0, 0.1) is 41.6 Å². The summed E-state index contributed by atoms with van der Waals surface area (Å²) in [5.74, 6) is -4.30. The molecule has 0 saturated heterocycles. The highest BCUT2D eigenvalue weighted by atomic mass is 127. The number of hydrogen-bond acceptors (Lipinski definition) is 20. The van der Waals surface area contributed by atoms with Gasteiger partial charge in [0.1, 0.15) is 28.5 Å². The molecule has 8 aromatic heterocycles. The monoisotopic (exact) mass is 2160 g/mol. The minimum Gasteiger partial charge on any atom is -0.505 e. The number of ketones is 2. The van der Waals surface area contributed by atoms with Gasteiger partial charge in [-0.3, -0.25) is 29.6 Å². The molecule has 0 fully saturated rings. The Balaban J connectivity index is 0.000000190. The summed E-state index contributed by atoms with van der Waals surface area (Å²) in [5.41, 5.74) is 7.67. The van der Waals surface area contributed by atoms with E-state index < -0.39 is 62.0 Å². The number of nitrogens with zero attached hydrogens (tertiary/aromatic N) is 6. The molecule has 640 valence electrons. The van der Waals surface area contributed by atoms with Gasteiger partial charge in [-0.05, 0) is 222 Å². The molecule has 0 radical (unpaired) electrons. The summed E-state index contributed by atoms with van der Waals surface area (Å²) >= 11 is 38.3. The number of halogens is 9. The first-order valence-electron chi connectivity index (χ1n) is 35.2. The molecule has 8 heterocycles. The fourth-order valence-electron chi connectivity index (χ4n) is 11.1. The minimum absolute atomic E-state index is 0.00658. The fraction of sp³-hybridized carbons (Fsp3) is 0.163. The number of rotatable bonds is 17. The molecule has 0 aliphatic heterocycles. The van der Waals surface area contributed by atoms with E-state index in [0.29, 0.717) is 37.5 Å². The summed E-state index contributed by atoms with van der Waals surface area (Å²) in [5, 5.41) is 42.4. The van der Waals surface area contributed by atoms with Gasteiger partial charge in [0, 0.05) is 88.6 Å². The van der Waals surface area contributed by atoms with Crippen LogP contribution in [0.5, 0.6) is 11.5 Å². The number of ether oxygens (including phenoxy) is 4. The standard InChI is InChI=1S/C25H23N5O4.C20H18N2O7S.C13H12INO4S.C6H3Cl3INO.C6H4Cl3NO.C6H6INO2.C4H5N/c1-14-22(24(32)30(29-14)18-10-9-15-5-2-3-6-16(15)11-18)28-27-20-8-4-7-19(23(20)31)17-12-21(25(33)34)26-13-17;1-13-7-9-15(10-8-13)30(26,27)21-12-14(11-18(21)20(23)29-3)16-5-4-6-17(22(24)25)19(16)28-2;1-9-3-5-11(6-4-9)20(17,18)15-8-10(14)7-12(15)13(16)19-2;7-6(8,9)5(12)4-1-3(10)2-11-4;7-6(8,9)5(11)4-2-1-3-10-4;1-10-6(9)5-2-4(7)3-8-5;1-2-4-5-3-1/h4,7-13,26,29,31H,2-3,5-6H2,1H3,(H,33,34);4-12H,1-3H3;3-8H,1-2H3;1-2,11H;1-3,10H;2-3,8H,1H3;1-5H. The van der Waals surface area contributed by atoms with Gasteiger partial charge in [0.2, 0.25) is 17.3 Å². The molecule has 0 unspecified atom stereocenters. The first-order valence-corrected chi connectivity index (χ1v) is 43.6. The van der Waals surface area contributed by atoms with Crippen LogP contribution in [0.1, 0.15) is 104 Å². The number of azo groups is 1. The van der Waals surface area contributed by atoms with Gasteiger partial charge in [0.15, 0.2) is 11.4 Å². The summed E-state index contributed by atoms with van der Waals surface area (Å²) in [7, 11) is -2.97. The van der Waals surface area contributed by atoms with Crippen molar-refractivity contribution in [1.29, 1.82) is 0 Å². The number of carboxylic acids is 1. The van der Waals surface area contributed by atoms with Crippen LogP contribution in [-0.2, 0) is 47.1 Å². The van der Waals surface area contributed by atoms with Crippen LogP contribution in [0.3, 0.4) is 0 Å². The van der Waals surface area contributed by atoms with Crippen LogP contribution in [0.2, 0.25) is 0 Å². The number of phenols is 1. The number of aromatic nitrogens is 9. The molecule has 13 aromatic rings. The van der Waals surface area contributed by atoms with Gasteiger partial charge in [0.25, 0.3) is 33.2 Å². The molecule has 0 atom stereocenters. The molecule has 0 bridgehead atoms. The molecular weight excluding hydrogens is 2090 g/mol. The predicted molar refractivity (Wildman–Crippen MR) is 486 cm³/mol. The second kappa shape index (κ2) is 43.7. The number of hydrogen-bond donors (Lipinski definition) is 8. The lowest BCUT2D eigenvalue weighted by atomic mass is 9.91. The smallest absolute Gasteiger partial charge is 0.355 e. The van der Waals surface area contributed by atoms with E-state index in [1.54, 1.807) is 92.2 Å². The Morgan fingerprint density at radius 1 is 0.541 bits per heavy atom. The van der Waals surface area contributed by atoms with Crippen LogP contribution in [-0.4, -0.2) is 146 Å². The maximum absolute atomic E-state index is 13.2. The number of aromatic amines is 6. The number of aromatic carboxylic acids is 1. The summed E-state index contributed by atoms with van der Waals surface area (Å²) < 4.78 is 72.5. The Bertz CT molecular complexity index is 6210. The maximum atomic E-state index is 13.2. The quantitative estimate of drug-likeness (QED) is 0.00613. The third-order valence-corrected chi connectivity index (χ3v) is 23.4. The van der Waals surface area contributed by atoms with Crippen molar-refractivity contribution in [3.05, 3.63) is 301 Å². The zero-order valence-electron chi connectivity index (χ0n) is 64.7. The minimum atomic E-state index is -4.13. The second-order valence-corrected chi connectivity index (χ2v) is 37.4. The molecule has 0 amide bonds. The molecule has 0 saturated carbocycles. The molecule has 1 aliphatic rings. The lowest BCUT2D eigenvalue weighted by Gasteiger charge is -2.16. The number of carbonyl (C=O) groups is 6. The Morgan fingerprint density at radius 2 is 1.07 bits per heavy atom. The van der Waals surface area contributed by atoms with Crippen molar-refractivity contribution in [2.24, 2.45) is 10.2 Å². The van der Waals surface area contributed by atoms with Crippen LogP contribution in [0.25, 0.3) is 27.9 Å². The average Bonchev–Trinajstić information content (AvgIpc) is 1.61. The van der Waals surface area contributed by atoms with E-state index in [2.05, 4.69) is 78.4 Å². The summed E-state index contributed by atoms with van der Waals surface area (Å²) in [6, 6.07) is 42.4. The number of methoxy groups -OCH3 is 4. The van der Waals surface area contributed by atoms with Crippen molar-refractivity contribution < 1.29 is 79.7 Å². The highest BCUT2D eigenvalue weighted by Gasteiger charge is 2.34. The number of benzene rings is 5. The predicted octanol–water partition coefficient (Wildman–Crippen LogP) is 19.2. The van der Waals surface area contributed by atoms with Gasteiger partial charge < -0.3 is 54.1 Å². The number of aryl methyl sites for hydroxylation is 5. The van der Waals surface area contributed by atoms with Gasteiger partial charge in [-0.2, -0.15) is 0 Å². The normalized spacial score (nSPS) is 11.6. The number of nitrogens with one attached hydrogen (secondary N) is 6. The van der Waals surface area contributed by atoms with Crippen molar-refractivity contribution in [2.75, 3.05) is 28.4 Å². The Labute approximate surface area is 767 Å². The van der Waals surface area contributed by atoms with Crippen molar-refractivity contribution in [3.63, 3.8) is 0 Å². The van der Waals surface area contributed by atoms with E-state index in [0.717, 1.165) is 58.3 Å². The van der Waals surface area contributed by atoms with Crippen LogP contribution in [0.15, 0.2) is 232 Å². The number of nitro benzene ring substituents is 1. The summed E-state index contributed by atoms with van der Waals surface area (Å²) in [6.07, 6.45) is 17.2. The Kier molecular flexibility index (Phi) is 34.8. The average molecular weight is 2160 g/mol. The first-order chi connectivity index (χ1) is 57.6. The van der Waals surface area contributed by atoms with E-state index in [-0.39, 0.29) is 78.1 Å². The Morgan fingerprint density at radius 3 is 1.56 bits per heavy atom. The molecule has 5 aromatic carbocycles. The summed E-state index contributed by atoms with van der Waals surface area (Å²) in [6.45, 7) is 5.43. The second-order valence-electron chi connectivity index (χ2n) is 25.4. The van der Waals surface area contributed by atoms with Gasteiger partial charge in [-0.15, -0.1) is 10.2 Å². The van der Waals surface area contributed by atoms with Crippen LogP contribution >= 0.6 is 137 Å². The third kappa shape index (κ3) is 25.5. The molecule has 1 aliphatic carbocycles. The van der Waals surface area contributed by atoms with Crippen LogP contribution in [0.4, 0.5) is 17.1 Å². The zero-order chi connectivity index (χ0) is 89.7. The molecule has 31 nitrogen and oxygen atoms in total. The number of esters is 3. The molecule has 42 heteroatoms. The van der Waals surface area contributed by atoms with Gasteiger partial charge in [0.05, 0.1) is 65.9 Å². The van der Waals surface area contributed by atoms with Gasteiger partial charge in [-0.1, -0.05) is 135 Å². The van der Waals surface area contributed by atoms with Crippen molar-refractivity contribution in [1.82, 2.24) is 42.6 Å². The number of aromatic hydroxyl groups is 1. The van der Waals surface area contributed by atoms with E-state index in [9.17, 15) is 65.6 Å². The highest BCUT2D eigenvalue weighted by Crippen LogP contribution is 2.41. The number of Topliss-reactive ketones (excluding diaryl/α,β-unsaturated/α-hetero) is 2. The number of carboxylic acid groups (broad SMARTS) is 1. The zero-order valence-corrected chi connectivity index (χ0v) is 77.3. The topological polar surface area (TPSA) is 443 Å². The maximum Gasteiger partial charge on any atom is 0.355 e. The van der Waals surface area contributed by atoms with E-state index in [4.69, 9.17) is 84.2 Å². The number of para-hydroxylation sites is 2. The lowest BCUT2D eigenvalue weighted by Crippen LogP contribution is -2.19. The number of alkyl halides is 6. The molecule has 0 spiro atoms. The first kappa shape index (κ1) is 97.2. The van der Waals surface area contributed by atoms with Crippen molar-refractivity contribution in [2.45, 2.75) is 63.8 Å². The number of fused-ring (bicyclic) bond motifs is 1. The van der Waals surface area contributed by atoms with E-state index >= 15 is 0 Å². The molecular formula is C80H71Cl6I3N12O19S2. The molecule has 14 rings (SSSR count). The van der Waals surface area contributed by atoms with Crippen LogP contribution < -0.4 is 10.3 Å². The summed E-state index contributed by atoms with van der Waals surface area (Å²) in [4.78, 5) is 106. The number of carbonyl (C=O) groups excluding carboxylic acids is 5. The number of phenolic OH excluding ortho intramolecular Hbond substituents is 1. The number of H-pyrrole nitrogens is 6. The fourth-order valence-corrected chi connectivity index (χ4v) is 16.1. The number of nitro groups is 1. The SMILES string of the molecule is COC(=O)c1cc(-c2cccc([N+](=O)[O-])c2OC)cn1S(=O)(=O)c1ccc(C)cc1.COC(=O)c1cc(I)c[nH]1.COC(=O)c1cc(I)cn1S(=O)(=O)c1ccc(C)cc1.Cc1[nH]n(-c2ccc3c(c2)CCCC3)c(=O)c1N=Nc1cccc(-c2c[nH]c(C(=O)O)c2)c1O.O=C(c1cc(I)c[nH]1)C(Cl)(Cl)Cl.O=C(c1ccc[nH]1)C(Cl)(Cl)Cl.c1cc[nH]c1. The molecule has 8 N–H and O–H groups in total. The van der Waals surface area contributed by atoms with Crippen molar-refractivity contribution in [3.8, 4) is 39.4 Å².